The van der Waals surface area contributed by atoms with Crippen molar-refractivity contribution in [2.45, 2.75) is 92.5 Å². The molecule has 0 amide bonds. The van der Waals surface area contributed by atoms with Crippen LogP contribution in [0.1, 0.15) is 95.5 Å². The number of aliphatic hydroxyl groups excluding tert-OH is 1. The zero-order valence-corrected chi connectivity index (χ0v) is 19.1. The van der Waals surface area contributed by atoms with Gasteiger partial charge in [0.1, 0.15) is 11.5 Å². The van der Waals surface area contributed by atoms with Gasteiger partial charge in [-0.3, -0.25) is 14.6 Å². The molecule has 164 valence electrons. The quantitative estimate of drug-likeness (QED) is 0.528. The predicted octanol–water partition coefficient (Wildman–Crippen LogP) is 5.20. The van der Waals surface area contributed by atoms with E-state index in [2.05, 4.69) is 25.9 Å². The van der Waals surface area contributed by atoms with Gasteiger partial charge in [-0.05, 0) is 30.6 Å². The fourth-order valence-corrected chi connectivity index (χ4v) is 4.44. The van der Waals surface area contributed by atoms with Gasteiger partial charge in [0.05, 0.1) is 16.8 Å². The molecule has 6 heteroatoms. The average molecular weight is 415 g/mol. The second kappa shape index (κ2) is 8.12. The molecule has 0 bridgehead atoms. The van der Waals surface area contributed by atoms with Crippen molar-refractivity contribution in [2.24, 2.45) is 15.8 Å². The zero-order valence-electron chi connectivity index (χ0n) is 19.1. The van der Waals surface area contributed by atoms with Crippen molar-refractivity contribution in [1.82, 2.24) is 5.16 Å². The Bertz CT molecular complexity index is 918. The summed E-state index contributed by atoms with van der Waals surface area (Å²) in [5, 5.41) is 15.0. The molecule has 1 fully saturated rings. The number of aliphatic hydroxyl groups is 1. The summed E-state index contributed by atoms with van der Waals surface area (Å²) in [6, 6.07) is 0.0908. The Hall–Kier alpha value is -2.24. The summed E-state index contributed by atoms with van der Waals surface area (Å²) in [4.78, 5) is 30.2. The molecule has 1 unspecified atom stereocenters. The number of carbonyl (C=O) groups is 2. The molecule has 2 aliphatic rings. The van der Waals surface area contributed by atoms with E-state index in [9.17, 15) is 14.7 Å². The summed E-state index contributed by atoms with van der Waals surface area (Å²) < 4.78 is 5.45. The van der Waals surface area contributed by atoms with Gasteiger partial charge in [-0.2, -0.15) is 0 Å². The van der Waals surface area contributed by atoms with Crippen molar-refractivity contribution in [3.8, 4) is 0 Å². The van der Waals surface area contributed by atoms with Crippen LogP contribution in [0.4, 0.5) is 0 Å². The fraction of sp³-hybridized carbons (Fsp3) is 0.667. The summed E-state index contributed by atoms with van der Waals surface area (Å²) in [5.41, 5.74) is 1.89. The van der Waals surface area contributed by atoms with Gasteiger partial charge in [-0.15, -0.1) is 0 Å². The van der Waals surface area contributed by atoms with E-state index in [0.29, 0.717) is 60.4 Å². The van der Waals surface area contributed by atoms with Crippen LogP contribution in [0.5, 0.6) is 0 Å². The lowest BCUT2D eigenvalue weighted by Gasteiger charge is -2.32. The molecule has 1 heterocycles. The van der Waals surface area contributed by atoms with Crippen molar-refractivity contribution in [3.63, 3.8) is 0 Å². The van der Waals surface area contributed by atoms with E-state index >= 15 is 0 Å². The van der Waals surface area contributed by atoms with Crippen LogP contribution in [0, 0.1) is 10.8 Å². The maximum Gasteiger partial charge on any atom is 0.168 e. The third-order valence-electron chi connectivity index (χ3n) is 6.10. The van der Waals surface area contributed by atoms with Crippen molar-refractivity contribution in [1.29, 1.82) is 0 Å². The predicted molar refractivity (Wildman–Crippen MR) is 116 cm³/mol. The molecule has 0 aliphatic heterocycles. The first kappa shape index (κ1) is 22.4. The van der Waals surface area contributed by atoms with Crippen molar-refractivity contribution < 1.29 is 19.2 Å². The van der Waals surface area contributed by atoms with Crippen molar-refractivity contribution >= 4 is 17.3 Å². The Kier molecular flexibility index (Phi) is 6.08. The highest BCUT2D eigenvalue weighted by Gasteiger charge is 2.38. The molecule has 1 atom stereocenters. The number of hydrogen-bond donors (Lipinski definition) is 1. The van der Waals surface area contributed by atoms with E-state index < -0.39 is 0 Å². The van der Waals surface area contributed by atoms with Gasteiger partial charge >= 0.3 is 0 Å². The number of aliphatic imine (C=N–C) groups is 1. The molecule has 6 nitrogen and oxygen atoms in total. The van der Waals surface area contributed by atoms with Gasteiger partial charge in [-0.25, -0.2) is 0 Å². The molecule has 1 aromatic rings. The van der Waals surface area contributed by atoms with Crippen molar-refractivity contribution in [3.05, 3.63) is 28.3 Å². The number of rotatable bonds is 5. The molecular weight excluding hydrogens is 380 g/mol. The molecule has 0 spiro atoms. The van der Waals surface area contributed by atoms with Crippen LogP contribution < -0.4 is 0 Å². The molecule has 2 aliphatic carbocycles. The largest absolute Gasteiger partial charge is 0.511 e. The maximum atomic E-state index is 12.9. The Morgan fingerprint density at radius 2 is 1.73 bits per heavy atom. The van der Waals surface area contributed by atoms with Crippen LogP contribution >= 0.6 is 0 Å². The SMILES string of the molecule is CCC(C)N=C1CC(C)(C)CC(=O)C1=C(O)CCc1noc2c1C(=O)CC(C)(C)C2. The molecule has 3 rings (SSSR count). The number of Topliss-reactive ketones (excluding diaryl/α,β-unsaturated/α-hetero) is 2. The number of aromatic nitrogens is 1. The highest BCUT2D eigenvalue weighted by molar-refractivity contribution is 6.24. The number of fused-ring (bicyclic) bond motifs is 1. The van der Waals surface area contributed by atoms with Gasteiger partial charge in [0.25, 0.3) is 0 Å². The lowest BCUT2D eigenvalue weighted by atomic mass is 9.73. The molecule has 30 heavy (non-hydrogen) atoms. The van der Waals surface area contributed by atoms with Crippen molar-refractivity contribution in [2.75, 3.05) is 0 Å². The van der Waals surface area contributed by atoms with Crippen LogP contribution in [0.25, 0.3) is 0 Å². The smallest absolute Gasteiger partial charge is 0.168 e. The standard InChI is InChI=1S/C24H34N2O4/c1-7-14(2)25-16-10-23(3,4)11-18(28)21(16)17(27)9-8-15-22-19(29)12-24(5,6)13-20(22)30-26-15/h14,27H,7-13H2,1-6H3. The highest BCUT2D eigenvalue weighted by Crippen LogP contribution is 2.38. The number of carbonyl (C=O) groups excluding carboxylic acids is 2. The van der Waals surface area contributed by atoms with Crippen LogP contribution in [-0.2, 0) is 17.6 Å². The number of hydrogen-bond acceptors (Lipinski definition) is 6. The Balaban J connectivity index is 1.86. The van der Waals surface area contributed by atoms with E-state index in [4.69, 9.17) is 9.52 Å². The summed E-state index contributed by atoms with van der Waals surface area (Å²) in [6.07, 6.45) is 3.64. The van der Waals surface area contributed by atoms with Crippen LogP contribution in [0.3, 0.4) is 0 Å². The topological polar surface area (TPSA) is 92.8 Å². The van der Waals surface area contributed by atoms with E-state index in [0.717, 1.165) is 6.42 Å². The monoisotopic (exact) mass is 414 g/mol. The molecule has 1 aromatic heterocycles. The first-order chi connectivity index (χ1) is 13.9. The minimum Gasteiger partial charge on any atom is -0.511 e. The third kappa shape index (κ3) is 4.73. The van der Waals surface area contributed by atoms with E-state index in [1.54, 1.807) is 0 Å². The normalized spacial score (nSPS) is 24.7. The number of allylic oxidation sites excluding steroid dienone is 2. The molecule has 1 saturated carbocycles. The Morgan fingerprint density at radius 1 is 1.10 bits per heavy atom. The maximum absolute atomic E-state index is 12.9. The van der Waals surface area contributed by atoms with Gasteiger partial charge in [0.15, 0.2) is 11.6 Å². The van der Waals surface area contributed by atoms with E-state index in [1.165, 1.54) is 0 Å². The second-order valence-electron chi connectivity index (χ2n) is 10.5. The molecule has 1 N–H and O–H groups in total. The molecular formula is C24H34N2O4. The number of aryl methyl sites for hydroxylation is 1. The lowest BCUT2D eigenvalue weighted by molar-refractivity contribution is -0.117. The van der Waals surface area contributed by atoms with Gasteiger partial charge < -0.3 is 9.63 Å². The first-order valence-corrected chi connectivity index (χ1v) is 11.0. The Labute approximate surface area is 178 Å². The molecule has 0 radical (unpaired) electrons. The lowest BCUT2D eigenvalue weighted by Crippen LogP contribution is -2.33. The minimum atomic E-state index is -0.169. The van der Waals surface area contributed by atoms with E-state index in [-0.39, 0.29) is 40.6 Å². The molecule has 0 saturated heterocycles. The van der Waals surface area contributed by atoms with Gasteiger partial charge in [0, 0.05) is 43.9 Å². The zero-order chi connectivity index (χ0) is 22.3. The average Bonchev–Trinajstić information content (AvgIpc) is 3.00. The Morgan fingerprint density at radius 3 is 2.40 bits per heavy atom. The molecule has 0 aromatic carbocycles. The van der Waals surface area contributed by atoms with Gasteiger partial charge in [0.2, 0.25) is 0 Å². The minimum absolute atomic E-state index is 0.0397. The van der Waals surface area contributed by atoms with Crippen LogP contribution in [-0.4, -0.2) is 33.6 Å². The summed E-state index contributed by atoms with van der Waals surface area (Å²) in [6.45, 7) is 12.3. The fourth-order valence-electron chi connectivity index (χ4n) is 4.44. The second-order valence-corrected chi connectivity index (χ2v) is 10.5. The summed E-state index contributed by atoms with van der Waals surface area (Å²) in [7, 11) is 0. The third-order valence-corrected chi connectivity index (χ3v) is 6.10. The summed E-state index contributed by atoms with van der Waals surface area (Å²) in [5.74, 6) is 0.649. The summed E-state index contributed by atoms with van der Waals surface area (Å²) >= 11 is 0. The van der Waals surface area contributed by atoms with Gasteiger partial charge in [-0.1, -0.05) is 39.8 Å². The highest BCUT2D eigenvalue weighted by atomic mass is 16.5. The number of nitrogens with zero attached hydrogens (tertiary/aromatic N) is 2. The van der Waals surface area contributed by atoms with E-state index in [1.807, 2.05) is 20.8 Å². The van der Waals surface area contributed by atoms with Crippen LogP contribution in [0.2, 0.25) is 0 Å². The first-order valence-electron chi connectivity index (χ1n) is 11.0. The number of ketones is 2. The van der Waals surface area contributed by atoms with Crippen LogP contribution in [0.15, 0.2) is 20.8 Å².